The molecule has 61 heavy (non-hydrogen) atoms. The third kappa shape index (κ3) is 7.58. The first-order valence-electron chi connectivity index (χ1n) is 23.2. The van der Waals surface area contributed by atoms with E-state index in [1.54, 1.807) is 0 Å². The van der Waals surface area contributed by atoms with Gasteiger partial charge in [0.05, 0.1) is 38.6 Å². The summed E-state index contributed by atoms with van der Waals surface area (Å²) in [5.74, 6) is 3.32. The van der Waals surface area contributed by atoms with Crippen LogP contribution in [0.2, 0.25) is 0 Å². The fourth-order valence-electron chi connectivity index (χ4n) is 14.4. The topological polar surface area (TPSA) is 256 Å². The van der Waals surface area contributed by atoms with Crippen LogP contribution in [0.4, 0.5) is 0 Å². The van der Waals surface area contributed by atoms with Gasteiger partial charge in [-0.05, 0) is 104 Å². The van der Waals surface area contributed by atoms with Gasteiger partial charge >= 0.3 is 0 Å². The molecule has 9 aliphatic rings. The van der Waals surface area contributed by atoms with Crippen molar-refractivity contribution >= 4 is 0 Å². The maximum absolute atomic E-state index is 11.3. The standard InChI is InChI=1S/C44H72O17/c1-19-7-12-44(55-17-19)20(2)30-26(61-44)14-25-23-6-5-21-13-22(8-10-42(21,3)24(23)9-11-43(25,30)4)56-41-38(35(51)32(48)28(16-46)58-41)60-39-36(52)33(49)29(18-54-39)59-40-37(53)34(50)31(47)27(15-45)57-40/h19-41,45-53H,5-18H2,1-4H3/t19-,20-,21+,22-,23-,24+,25+,26-,27-,28-,29-,30-,31+,32-,33-,34-,35-,36+,37+,38+,39-,40+,41-,42-,43-,44-/m1/s1. The summed E-state index contributed by atoms with van der Waals surface area (Å²) in [4.78, 5) is 0. The Kier molecular flexibility index (Phi) is 12.8. The average molecular weight is 873 g/mol. The molecule has 9 rings (SSSR count). The molecular weight excluding hydrogens is 800 g/mol. The lowest BCUT2D eigenvalue weighted by Gasteiger charge is -2.61. The second kappa shape index (κ2) is 17.2. The molecule has 4 saturated carbocycles. The fraction of sp³-hybridized carbons (Fsp3) is 1.00. The number of aliphatic hydroxyl groups excluding tert-OH is 9. The van der Waals surface area contributed by atoms with Crippen LogP contribution in [-0.2, 0) is 37.9 Å². The Balaban J connectivity index is 0.834. The molecule has 26 atom stereocenters. The van der Waals surface area contributed by atoms with E-state index >= 15 is 0 Å². The number of fused-ring (bicyclic) bond motifs is 7. The lowest BCUT2D eigenvalue weighted by molar-refractivity contribution is -0.375. The van der Waals surface area contributed by atoms with Crippen LogP contribution in [-0.4, -0.2) is 176 Å². The van der Waals surface area contributed by atoms with Crippen molar-refractivity contribution in [2.24, 2.45) is 52.3 Å². The molecular formula is C44H72O17. The van der Waals surface area contributed by atoms with Crippen LogP contribution in [0.15, 0.2) is 0 Å². The van der Waals surface area contributed by atoms with Gasteiger partial charge in [-0.25, -0.2) is 0 Å². The predicted molar refractivity (Wildman–Crippen MR) is 210 cm³/mol. The summed E-state index contributed by atoms with van der Waals surface area (Å²) in [5, 5.41) is 94.7. The minimum absolute atomic E-state index is 0.134. The zero-order valence-corrected chi connectivity index (χ0v) is 36.0. The minimum atomic E-state index is -1.77. The van der Waals surface area contributed by atoms with E-state index in [-0.39, 0.29) is 23.0 Å². The van der Waals surface area contributed by atoms with Gasteiger partial charge < -0.3 is 83.9 Å². The lowest BCUT2D eigenvalue weighted by Crippen LogP contribution is -2.65. The van der Waals surface area contributed by atoms with Crippen molar-refractivity contribution in [2.75, 3.05) is 26.4 Å². The SMILES string of the molecule is C[C@@H]1CC[C@@]2(OC1)O[C@@H]1C[C@H]3[C@@H]4CC[C@H]5C[C@H](O[C@@H]6O[C@H](CO)[C@@H](O)[C@@H](O)[C@@H]6O[C@H]6OC[C@@H](O[C@@H]7O[C@H](CO)[C@H](O)[C@@H](O)[C@@H]7O)[C@@H](O)[C@@H]6O)CC[C@@]5(C)[C@H]4CC[C@@]3(C)[C@@H]1[C@H]2C. The van der Waals surface area contributed by atoms with Crippen molar-refractivity contribution in [3.8, 4) is 0 Å². The van der Waals surface area contributed by atoms with Gasteiger partial charge in [-0.15, -0.1) is 0 Å². The average Bonchev–Trinajstić information content (AvgIpc) is 3.69. The van der Waals surface area contributed by atoms with Crippen molar-refractivity contribution in [1.82, 2.24) is 0 Å². The van der Waals surface area contributed by atoms with Crippen molar-refractivity contribution in [1.29, 1.82) is 0 Å². The van der Waals surface area contributed by atoms with Crippen LogP contribution in [0.3, 0.4) is 0 Å². The predicted octanol–water partition coefficient (Wildman–Crippen LogP) is -0.0945. The highest BCUT2D eigenvalue weighted by Crippen LogP contribution is 2.71. The largest absolute Gasteiger partial charge is 0.394 e. The Morgan fingerprint density at radius 3 is 2.00 bits per heavy atom. The highest BCUT2D eigenvalue weighted by Gasteiger charge is 2.69. The Morgan fingerprint density at radius 1 is 0.607 bits per heavy atom. The summed E-state index contributed by atoms with van der Waals surface area (Å²) < 4.78 is 49.0. The van der Waals surface area contributed by atoms with Gasteiger partial charge in [0.15, 0.2) is 24.7 Å². The zero-order valence-electron chi connectivity index (χ0n) is 36.0. The quantitative estimate of drug-likeness (QED) is 0.145. The van der Waals surface area contributed by atoms with Crippen LogP contribution in [0.25, 0.3) is 0 Å². The van der Waals surface area contributed by atoms with Crippen molar-refractivity contribution in [2.45, 2.75) is 196 Å². The first-order valence-corrected chi connectivity index (χ1v) is 23.2. The van der Waals surface area contributed by atoms with E-state index in [4.69, 9.17) is 37.9 Å². The molecule has 0 unspecified atom stereocenters. The van der Waals surface area contributed by atoms with Crippen molar-refractivity contribution < 1.29 is 83.9 Å². The Labute approximate surface area is 357 Å². The van der Waals surface area contributed by atoms with Crippen LogP contribution in [0, 0.1) is 52.3 Å². The van der Waals surface area contributed by atoms with Crippen LogP contribution < -0.4 is 0 Å². The minimum Gasteiger partial charge on any atom is -0.394 e. The van der Waals surface area contributed by atoms with Gasteiger partial charge in [-0.1, -0.05) is 27.7 Å². The Morgan fingerprint density at radius 2 is 1.30 bits per heavy atom. The molecule has 5 aliphatic heterocycles. The second-order valence-electron chi connectivity index (χ2n) is 21.1. The fourth-order valence-corrected chi connectivity index (χ4v) is 14.4. The molecule has 17 nitrogen and oxygen atoms in total. The molecule has 17 heteroatoms. The molecule has 350 valence electrons. The normalized spacial score (nSPS) is 58.5. The van der Waals surface area contributed by atoms with E-state index in [1.165, 1.54) is 12.8 Å². The van der Waals surface area contributed by atoms with Gasteiger partial charge in [-0.3, -0.25) is 0 Å². The third-order valence-corrected chi connectivity index (χ3v) is 17.9. The molecule has 9 fully saturated rings. The molecule has 0 aromatic carbocycles. The number of aliphatic hydroxyl groups is 9. The summed E-state index contributed by atoms with van der Waals surface area (Å²) in [5.41, 5.74) is 0.367. The molecule has 5 heterocycles. The monoisotopic (exact) mass is 872 g/mol. The molecule has 0 amide bonds. The molecule has 4 aliphatic carbocycles. The molecule has 0 aromatic heterocycles. The lowest BCUT2D eigenvalue weighted by atomic mass is 9.44. The van der Waals surface area contributed by atoms with E-state index in [1.807, 2.05) is 0 Å². The number of hydrogen-bond acceptors (Lipinski definition) is 17. The van der Waals surface area contributed by atoms with Gasteiger partial charge in [0, 0.05) is 12.3 Å². The van der Waals surface area contributed by atoms with Gasteiger partial charge in [0.2, 0.25) is 0 Å². The molecule has 0 radical (unpaired) electrons. The second-order valence-corrected chi connectivity index (χ2v) is 21.1. The van der Waals surface area contributed by atoms with E-state index in [0.29, 0.717) is 41.4 Å². The van der Waals surface area contributed by atoms with Crippen LogP contribution in [0.5, 0.6) is 0 Å². The summed E-state index contributed by atoms with van der Waals surface area (Å²) in [6.45, 7) is 8.81. The van der Waals surface area contributed by atoms with Gasteiger partial charge in [0.25, 0.3) is 0 Å². The number of hydrogen-bond donors (Lipinski definition) is 9. The first kappa shape index (κ1) is 45.5. The summed E-state index contributed by atoms with van der Waals surface area (Å²) >= 11 is 0. The molecule has 5 saturated heterocycles. The number of rotatable bonds is 8. The molecule has 9 N–H and O–H groups in total. The van der Waals surface area contributed by atoms with Crippen molar-refractivity contribution in [3.63, 3.8) is 0 Å². The van der Waals surface area contributed by atoms with Crippen LogP contribution in [0.1, 0.15) is 91.9 Å². The molecule has 0 aromatic rings. The van der Waals surface area contributed by atoms with E-state index < -0.39 is 112 Å². The molecule has 0 bridgehead atoms. The maximum Gasteiger partial charge on any atom is 0.187 e. The summed E-state index contributed by atoms with van der Waals surface area (Å²) in [7, 11) is 0. The summed E-state index contributed by atoms with van der Waals surface area (Å²) in [6.07, 6.45) is -10.8. The smallest absolute Gasteiger partial charge is 0.187 e. The van der Waals surface area contributed by atoms with Gasteiger partial charge in [0.1, 0.15) is 67.1 Å². The zero-order chi connectivity index (χ0) is 43.3. The number of ether oxygens (including phenoxy) is 8. The van der Waals surface area contributed by atoms with E-state index in [0.717, 1.165) is 58.0 Å². The van der Waals surface area contributed by atoms with E-state index in [9.17, 15) is 46.0 Å². The first-order chi connectivity index (χ1) is 29.0. The maximum atomic E-state index is 11.3. The highest BCUT2D eigenvalue weighted by molar-refractivity contribution is 5.15. The van der Waals surface area contributed by atoms with E-state index in [2.05, 4.69) is 27.7 Å². The Hall–Kier alpha value is -0.680. The van der Waals surface area contributed by atoms with Gasteiger partial charge in [-0.2, -0.15) is 0 Å². The summed E-state index contributed by atoms with van der Waals surface area (Å²) in [6, 6.07) is 0. The van der Waals surface area contributed by atoms with Crippen molar-refractivity contribution in [3.05, 3.63) is 0 Å². The Bertz CT molecular complexity index is 1520. The van der Waals surface area contributed by atoms with Crippen LogP contribution >= 0.6 is 0 Å². The third-order valence-electron chi connectivity index (χ3n) is 17.9. The molecule has 1 spiro atoms. The highest BCUT2D eigenvalue weighted by atomic mass is 16.8.